The summed E-state index contributed by atoms with van der Waals surface area (Å²) in [6.07, 6.45) is 1.37. The number of aromatic amines is 1. The van der Waals surface area contributed by atoms with E-state index in [1.807, 2.05) is 34.1 Å². The molecule has 1 saturated heterocycles. The summed E-state index contributed by atoms with van der Waals surface area (Å²) in [6.45, 7) is 2.89. The Morgan fingerprint density at radius 2 is 1.65 bits per heavy atom. The number of hydrogen-bond donors (Lipinski definition) is 1. The van der Waals surface area contributed by atoms with Crippen LogP contribution in [0, 0.1) is 5.82 Å². The van der Waals surface area contributed by atoms with Crippen molar-refractivity contribution in [3.63, 3.8) is 0 Å². The van der Waals surface area contributed by atoms with Gasteiger partial charge in [0.25, 0.3) is 5.56 Å². The maximum absolute atomic E-state index is 14.1. The summed E-state index contributed by atoms with van der Waals surface area (Å²) in [4.78, 5) is 24.6. The molecule has 0 spiro atoms. The number of rotatable bonds is 7. The van der Waals surface area contributed by atoms with Crippen molar-refractivity contribution in [2.24, 2.45) is 0 Å². The fourth-order valence-electron chi connectivity index (χ4n) is 3.98. The minimum Gasteiger partial charge on any atom is -0.378 e. The van der Waals surface area contributed by atoms with E-state index in [1.165, 1.54) is 11.6 Å². The molecule has 0 bridgehead atoms. The van der Waals surface area contributed by atoms with Crippen molar-refractivity contribution in [1.29, 1.82) is 0 Å². The zero-order chi connectivity index (χ0) is 21.6. The molecule has 1 aromatic heterocycles. The summed E-state index contributed by atoms with van der Waals surface area (Å²) in [5, 5.41) is 0. The van der Waals surface area contributed by atoms with Crippen molar-refractivity contribution in [3.8, 4) is 0 Å². The normalized spacial score (nSPS) is 14.1. The standard InChI is InChI=1S/C24H27FN4O2/c1-31-17-21-19(12-11-18-7-3-2-4-8-18)23(30)27-24(26-21)29-15-13-28(14-16-29)22-10-6-5-9-20(22)25/h2-10H,11-17H2,1H3,(H,26,27,30). The monoisotopic (exact) mass is 422 g/mol. The molecule has 0 aliphatic carbocycles. The van der Waals surface area contributed by atoms with E-state index < -0.39 is 0 Å². The third-order valence-electron chi connectivity index (χ3n) is 5.65. The van der Waals surface area contributed by atoms with Crippen LogP contribution in [0.25, 0.3) is 0 Å². The van der Waals surface area contributed by atoms with Gasteiger partial charge in [0.15, 0.2) is 0 Å². The van der Waals surface area contributed by atoms with E-state index in [0.717, 1.165) is 6.42 Å². The van der Waals surface area contributed by atoms with Gasteiger partial charge in [0, 0.05) is 38.9 Å². The molecule has 2 heterocycles. The van der Waals surface area contributed by atoms with Gasteiger partial charge in [0.05, 0.1) is 18.0 Å². The largest absolute Gasteiger partial charge is 0.378 e. The highest BCUT2D eigenvalue weighted by Gasteiger charge is 2.22. The Morgan fingerprint density at radius 3 is 2.35 bits per heavy atom. The lowest BCUT2D eigenvalue weighted by atomic mass is 10.0. The number of methoxy groups -OCH3 is 1. The summed E-state index contributed by atoms with van der Waals surface area (Å²) in [7, 11) is 1.61. The molecule has 0 saturated carbocycles. The highest BCUT2D eigenvalue weighted by Crippen LogP contribution is 2.21. The Bertz CT molecular complexity index is 1060. The number of nitrogens with zero attached hydrogens (tertiary/aromatic N) is 3. The van der Waals surface area contributed by atoms with Crippen LogP contribution in [0.15, 0.2) is 59.4 Å². The number of para-hydroxylation sites is 1. The molecule has 0 amide bonds. The van der Waals surface area contributed by atoms with Gasteiger partial charge >= 0.3 is 0 Å². The topological polar surface area (TPSA) is 61.5 Å². The van der Waals surface area contributed by atoms with Crippen LogP contribution in [0.1, 0.15) is 16.8 Å². The van der Waals surface area contributed by atoms with Gasteiger partial charge in [0.1, 0.15) is 5.82 Å². The van der Waals surface area contributed by atoms with Crippen molar-refractivity contribution in [1.82, 2.24) is 9.97 Å². The molecule has 3 aromatic rings. The third-order valence-corrected chi connectivity index (χ3v) is 5.65. The van der Waals surface area contributed by atoms with Crippen LogP contribution >= 0.6 is 0 Å². The fourth-order valence-corrected chi connectivity index (χ4v) is 3.98. The maximum Gasteiger partial charge on any atom is 0.255 e. The Morgan fingerprint density at radius 1 is 0.968 bits per heavy atom. The molecule has 31 heavy (non-hydrogen) atoms. The molecular formula is C24H27FN4O2. The van der Waals surface area contributed by atoms with Crippen LogP contribution in [-0.2, 0) is 24.2 Å². The van der Waals surface area contributed by atoms with Gasteiger partial charge in [-0.25, -0.2) is 9.37 Å². The Balaban J connectivity index is 1.49. The molecule has 1 fully saturated rings. The van der Waals surface area contributed by atoms with E-state index in [9.17, 15) is 9.18 Å². The van der Waals surface area contributed by atoms with Gasteiger partial charge in [0.2, 0.25) is 5.95 Å². The lowest BCUT2D eigenvalue weighted by Gasteiger charge is -2.36. The number of nitrogens with one attached hydrogen (secondary N) is 1. The molecule has 1 aliphatic heterocycles. The first-order valence-corrected chi connectivity index (χ1v) is 10.5. The number of aryl methyl sites for hydroxylation is 1. The van der Waals surface area contributed by atoms with Crippen molar-refractivity contribution < 1.29 is 9.13 Å². The maximum atomic E-state index is 14.1. The zero-order valence-corrected chi connectivity index (χ0v) is 17.7. The molecule has 2 aromatic carbocycles. The third kappa shape index (κ3) is 4.94. The summed E-state index contributed by atoms with van der Waals surface area (Å²) >= 11 is 0. The van der Waals surface area contributed by atoms with Crippen molar-refractivity contribution >= 4 is 11.6 Å². The molecule has 0 radical (unpaired) electrons. The number of halogens is 1. The predicted octanol–water partition coefficient (Wildman–Crippen LogP) is 3.17. The molecule has 6 nitrogen and oxygen atoms in total. The summed E-state index contributed by atoms with van der Waals surface area (Å²) in [5.74, 6) is 0.335. The van der Waals surface area contributed by atoms with E-state index >= 15 is 0 Å². The second kappa shape index (κ2) is 9.75. The van der Waals surface area contributed by atoms with Crippen molar-refractivity contribution in [3.05, 3.63) is 87.6 Å². The number of hydrogen-bond acceptors (Lipinski definition) is 5. The summed E-state index contributed by atoms with van der Waals surface area (Å²) in [5.41, 5.74) is 3.01. The van der Waals surface area contributed by atoms with Gasteiger partial charge in [-0.05, 0) is 30.5 Å². The van der Waals surface area contributed by atoms with Gasteiger partial charge in [-0.3, -0.25) is 9.78 Å². The van der Waals surface area contributed by atoms with Crippen molar-refractivity contribution in [2.75, 3.05) is 43.1 Å². The van der Waals surface area contributed by atoms with Crippen LogP contribution in [0.4, 0.5) is 16.0 Å². The summed E-state index contributed by atoms with van der Waals surface area (Å²) < 4.78 is 19.4. The molecule has 1 aliphatic rings. The number of anilines is 2. The summed E-state index contributed by atoms with van der Waals surface area (Å²) in [6, 6.07) is 16.9. The van der Waals surface area contributed by atoms with Gasteiger partial charge in [-0.2, -0.15) is 0 Å². The van der Waals surface area contributed by atoms with Gasteiger partial charge in [-0.15, -0.1) is 0 Å². The first-order valence-electron chi connectivity index (χ1n) is 10.5. The average molecular weight is 423 g/mol. The highest BCUT2D eigenvalue weighted by atomic mass is 19.1. The first kappa shape index (κ1) is 21.1. The van der Waals surface area contributed by atoms with Crippen LogP contribution in [0.3, 0.4) is 0 Å². The molecule has 4 rings (SSSR count). The van der Waals surface area contributed by atoms with E-state index in [-0.39, 0.29) is 18.0 Å². The molecule has 1 N–H and O–H groups in total. The minimum atomic E-state index is -0.215. The van der Waals surface area contributed by atoms with Crippen LogP contribution in [0.5, 0.6) is 0 Å². The minimum absolute atomic E-state index is 0.121. The van der Waals surface area contributed by atoms with E-state index in [2.05, 4.69) is 17.1 Å². The number of H-pyrrole nitrogens is 1. The number of benzene rings is 2. The lowest BCUT2D eigenvalue weighted by molar-refractivity contribution is 0.180. The average Bonchev–Trinajstić information content (AvgIpc) is 2.80. The van der Waals surface area contributed by atoms with Crippen LogP contribution < -0.4 is 15.4 Å². The SMILES string of the molecule is COCc1nc(N2CCN(c3ccccc3F)CC2)[nH]c(=O)c1CCc1ccccc1. The molecule has 7 heteroatoms. The van der Waals surface area contributed by atoms with E-state index in [0.29, 0.717) is 55.5 Å². The molecular weight excluding hydrogens is 395 g/mol. The first-order chi connectivity index (χ1) is 15.2. The number of aromatic nitrogens is 2. The lowest BCUT2D eigenvalue weighted by Crippen LogP contribution is -2.48. The Hall–Kier alpha value is -3.19. The quantitative estimate of drug-likeness (QED) is 0.634. The van der Waals surface area contributed by atoms with E-state index in [4.69, 9.17) is 9.72 Å². The van der Waals surface area contributed by atoms with Crippen LogP contribution in [0.2, 0.25) is 0 Å². The fraction of sp³-hybridized carbons (Fsp3) is 0.333. The Kier molecular flexibility index (Phi) is 6.62. The second-order valence-corrected chi connectivity index (χ2v) is 7.66. The van der Waals surface area contributed by atoms with Gasteiger partial charge in [-0.1, -0.05) is 42.5 Å². The second-order valence-electron chi connectivity index (χ2n) is 7.66. The van der Waals surface area contributed by atoms with Gasteiger partial charge < -0.3 is 14.5 Å². The molecule has 162 valence electrons. The highest BCUT2D eigenvalue weighted by molar-refractivity contribution is 5.49. The Labute approximate surface area is 181 Å². The van der Waals surface area contributed by atoms with Crippen LogP contribution in [-0.4, -0.2) is 43.3 Å². The molecule has 0 unspecified atom stereocenters. The number of piperazine rings is 1. The smallest absolute Gasteiger partial charge is 0.255 e. The van der Waals surface area contributed by atoms with Crippen molar-refractivity contribution in [2.45, 2.75) is 19.4 Å². The van der Waals surface area contributed by atoms with E-state index in [1.54, 1.807) is 19.2 Å². The predicted molar refractivity (Wildman–Crippen MR) is 120 cm³/mol. The zero-order valence-electron chi connectivity index (χ0n) is 17.7. The number of ether oxygens (including phenoxy) is 1. The molecule has 0 atom stereocenters.